The second kappa shape index (κ2) is 10.4. The van der Waals surface area contributed by atoms with Crippen molar-refractivity contribution in [1.29, 1.82) is 0 Å². The Morgan fingerprint density at radius 1 is 1.13 bits per heavy atom. The predicted octanol–water partition coefficient (Wildman–Crippen LogP) is 4.43. The summed E-state index contributed by atoms with van der Waals surface area (Å²) in [6.45, 7) is 3.86. The number of amides is 1. The van der Waals surface area contributed by atoms with Gasteiger partial charge in [0.25, 0.3) is 0 Å². The van der Waals surface area contributed by atoms with Crippen molar-refractivity contribution in [3.63, 3.8) is 0 Å². The third-order valence-electron chi connectivity index (χ3n) is 5.50. The molecule has 0 spiro atoms. The maximum absolute atomic E-state index is 12.2. The number of carboxylic acids is 1. The SMILES string of the molecule is CC[C@H](C)[C@H](NC(=O)OCC1c2ccccc2-c2ccccc21)C(=O)O.c1c[nH]cn1. The van der Waals surface area contributed by atoms with Gasteiger partial charge in [-0.1, -0.05) is 68.8 Å². The highest BCUT2D eigenvalue weighted by Crippen LogP contribution is 2.44. The molecule has 0 saturated heterocycles. The van der Waals surface area contributed by atoms with E-state index in [-0.39, 0.29) is 18.4 Å². The average Bonchev–Trinajstić information content (AvgIpc) is 3.46. The number of hydrogen-bond donors (Lipinski definition) is 3. The second-order valence-corrected chi connectivity index (χ2v) is 7.43. The van der Waals surface area contributed by atoms with Crippen LogP contribution in [0.2, 0.25) is 0 Å². The molecule has 3 N–H and O–H groups in total. The Kier molecular flexibility index (Phi) is 7.43. The monoisotopic (exact) mass is 421 g/mol. The summed E-state index contributed by atoms with van der Waals surface area (Å²) in [5.41, 5.74) is 4.55. The highest BCUT2D eigenvalue weighted by atomic mass is 16.5. The largest absolute Gasteiger partial charge is 0.480 e. The lowest BCUT2D eigenvalue weighted by Crippen LogP contribution is -2.45. The van der Waals surface area contributed by atoms with E-state index in [9.17, 15) is 14.7 Å². The van der Waals surface area contributed by atoms with Gasteiger partial charge in [-0.3, -0.25) is 0 Å². The summed E-state index contributed by atoms with van der Waals surface area (Å²) in [5, 5.41) is 11.8. The van der Waals surface area contributed by atoms with Gasteiger partial charge in [0, 0.05) is 18.3 Å². The number of hydrogen-bond acceptors (Lipinski definition) is 4. The fraction of sp³-hybridized carbons (Fsp3) is 0.292. The number of aliphatic carboxylic acids is 1. The summed E-state index contributed by atoms with van der Waals surface area (Å²) in [5.74, 6) is -1.26. The van der Waals surface area contributed by atoms with E-state index in [1.807, 2.05) is 43.3 Å². The minimum absolute atomic E-state index is 0.0416. The predicted molar refractivity (Wildman–Crippen MR) is 118 cm³/mol. The molecular formula is C24H27N3O4. The van der Waals surface area contributed by atoms with Gasteiger partial charge in [0.05, 0.1) is 6.33 Å². The number of carbonyl (C=O) groups is 2. The molecule has 7 nitrogen and oxygen atoms in total. The Hall–Kier alpha value is -3.61. The number of fused-ring (bicyclic) bond motifs is 3. The molecule has 2 atom stereocenters. The van der Waals surface area contributed by atoms with Crippen LogP contribution < -0.4 is 5.32 Å². The van der Waals surface area contributed by atoms with Crippen LogP contribution in [0.4, 0.5) is 4.79 Å². The first-order valence-corrected chi connectivity index (χ1v) is 10.3. The van der Waals surface area contributed by atoms with E-state index < -0.39 is 18.1 Å². The molecule has 162 valence electrons. The number of nitrogens with one attached hydrogen (secondary N) is 2. The fourth-order valence-corrected chi connectivity index (χ4v) is 3.67. The van der Waals surface area contributed by atoms with E-state index in [0.29, 0.717) is 6.42 Å². The van der Waals surface area contributed by atoms with E-state index in [2.05, 4.69) is 27.4 Å². The zero-order valence-corrected chi connectivity index (χ0v) is 17.6. The van der Waals surface area contributed by atoms with Gasteiger partial charge in [0.1, 0.15) is 12.6 Å². The number of aromatic nitrogens is 2. The van der Waals surface area contributed by atoms with Gasteiger partial charge in [-0.2, -0.15) is 0 Å². The first-order chi connectivity index (χ1) is 15.0. The molecule has 0 bridgehead atoms. The van der Waals surface area contributed by atoms with Crippen LogP contribution in [0.15, 0.2) is 67.3 Å². The average molecular weight is 421 g/mol. The molecule has 1 aromatic heterocycles. The topological polar surface area (TPSA) is 104 Å². The van der Waals surface area contributed by atoms with Gasteiger partial charge in [0.2, 0.25) is 0 Å². The van der Waals surface area contributed by atoms with Crippen molar-refractivity contribution in [1.82, 2.24) is 15.3 Å². The van der Waals surface area contributed by atoms with Crippen LogP contribution in [-0.4, -0.2) is 39.8 Å². The molecule has 1 aliphatic rings. The number of aromatic amines is 1. The van der Waals surface area contributed by atoms with E-state index in [1.54, 1.807) is 25.6 Å². The maximum Gasteiger partial charge on any atom is 0.407 e. The molecule has 0 radical (unpaired) electrons. The first kappa shape index (κ1) is 22.1. The third kappa shape index (κ3) is 5.31. The molecule has 0 saturated carbocycles. The summed E-state index contributed by atoms with van der Waals surface area (Å²) < 4.78 is 5.40. The summed E-state index contributed by atoms with van der Waals surface area (Å²) in [7, 11) is 0. The lowest BCUT2D eigenvalue weighted by Gasteiger charge is -2.21. The van der Waals surface area contributed by atoms with Crippen LogP contribution >= 0.6 is 0 Å². The maximum atomic E-state index is 12.2. The molecule has 7 heteroatoms. The number of carbonyl (C=O) groups excluding carboxylic acids is 1. The highest BCUT2D eigenvalue weighted by Gasteiger charge is 2.30. The van der Waals surface area contributed by atoms with Gasteiger partial charge >= 0.3 is 12.1 Å². The van der Waals surface area contributed by atoms with Crippen LogP contribution in [-0.2, 0) is 9.53 Å². The Morgan fingerprint density at radius 2 is 1.74 bits per heavy atom. The number of imidazole rings is 1. The summed E-state index contributed by atoms with van der Waals surface area (Å²) in [6.07, 6.45) is 5.04. The standard InChI is InChI=1S/C21H23NO4.C3H4N2/c1-3-13(2)19(20(23)24)22-21(25)26-12-18-16-10-6-4-8-14(16)15-9-5-7-11-17(15)18;1-2-5-3-4-1/h4-11,13,18-19H,3,12H2,1-2H3,(H,22,25)(H,23,24);1-3H,(H,4,5)/t13-,19-;/m0./s1. The number of benzene rings is 2. The molecule has 2 aromatic carbocycles. The molecule has 4 rings (SSSR count). The van der Waals surface area contributed by atoms with Crippen LogP contribution in [0.3, 0.4) is 0 Å². The van der Waals surface area contributed by atoms with E-state index in [1.165, 1.54) is 0 Å². The zero-order chi connectivity index (χ0) is 22.2. The molecular weight excluding hydrogens is 394 g/mol. The van der Waals surface area contributed by atoms with Crippen molar-refractivity contribution in [3.05, 3.63) is 78.4 Å². The number of carboxylic acid groups (broad SMARTS) is 1. The van der Waals surface area contributed by atoms with E-state index >= 15 is 0 Å². The minimum atomic E-state index is -1.05. The molecule has 1 aliphatic carbocycles. The van der Waals surface area contributed by atoms with E-state index in [4.69, 9.17) is 4.74 Å². The van der Waals surface area contributed by atoms with Gasteiger partial charge in [-0.25, -0.2) is 14.6 Å². The van der Waals surface area contributed by atoms with Crippen LogP contribution in [0.1, 0.15) is 37.3 Å². The van der Waals surface area contributed by atoms with Gasteiger partial charge in [0.15, 0.2) is 0 Å². The fourth-order valence-electron chi connectivity index (χ4n) is 3.67. The van der Waals surface area contributed by atoms with Crippen molar-refractivity contribution in [2.75, 3.05) is 6.61 Å². The van der Waals surface area contributed by atoms with Crippen molar-refractivity contribution in [2.45, 2.75) is 32.2 Å². The van der Waals surface area contributed by atoms with E-state index in [0.717, 1.165) is 22.3 Å². The molecule has 1 heterocycles. The summed E-state index contributed by atoms with van der Waals surface area (Å²) >= 11 is 0. The Bertz CT molecular complexity index is 941. The number of alkyl carbamates (subject to hydrolysis) is 1. The summed E-state index contributed by atoms with van der Waals surface area (Å²) in [4.78, 5) is 29.9. The molecule has 31 heavy (non-hydrogen) atoms. The number of ether oxygens (including phenoxy) is 1. The Labute approximate surface area is 181 Å². The van der Waals surface area contributed by atoms with Crippen molar-refractivity contribution < 1.29 is 19.4 Å². The quantitative estimate of drug-likeness (QED) is 0.546. The lowest BCUT2D eigenvalue weighted by molar-refractivity contribution is -0.140. The van der Waals surface area contributed by atoms with Crippen LogP contribution in [0, 0.1) is 5.92 Å². The normalized spacial score (nSPS) is 13.7. The number of nitrogens with zero attached hydrogens (tertiary/aromatic N) is 1. The minimum Gasteiger partial charge on any atom is -0.480 e. The van der Waals surface area contributed by atoms with Gasteiger partial charge in [-0.05, 0) is 28.2 Å². The lowest BCUT2D eigenvalue weighted by atomic mass is 9.98. The third-order valence-corrected chi connectivity index (χ3v) is 5.50. The van der Waals surface area contributed by atoms with Gasteiger partial charge < -0.3 is 20.1 Å². The van der Waals surface area contributed by atoms with Crippen molar-refractivity contribution >= 4 is 12.1 Å². The molecule has 0 unspecified atom stereocenters. The first-order valence-electron chi connectivity index (χ1n) is 10.3. The number of rotatable bonds is 6. The molecule has 1 amide bonds. The summed E-state index contributed by atoms with van der Waals surface area (Å²) in [6, 6.07) is 15.2. The Morgan fingerprint density at radius 3 is 2.19 bits per heavy atom. The van der Waals surface area contributed by atoms with Gasteiger partial charge in [-0.15, -0.1) is 0 Å². The number of H-pyrrole nitrogens is 1. The Balaban J connectivity index is 0.000000478. The second-order valence-electron chi connectivity index (χ2n) is 7.43. The van der Waals surface area contributed by atoms with Crippen LogP contribution in [0.5, 0.6) is 0 Å². The van der Waals surface area contributed by atoms with Crippen LogP contribution in [0.25, 0.3) is 11.1 Å². The molecule has 3 aromatic rings. The highest BCUT2D eigenvalue weighted by molar-refractivity contribution is 5.81. The molecule has 0 fully saturated rings. The zero-order valence-electron chi connectivity index (χ0n) is 17.6. The molecule has 0 aliphatic heterocycles. The smallest absolute Gasteiger partial charge is 0.407 e. The van der Waals surface area contributed by atoms with Crippen molar-refractivity contribution in [2.24, 2.45) is 5.92 Å². The van der Waals surface area contributed by atoms with Crippen molar-refractivity contribution in [3.8, 4) is 11.1 Å².